The smallest absolute Gasteiger partial charge is 0.232 e. The number of rotatable bonds is 8. The number of hydrogen-bond donors (Lipinski definition) is 2. The van der Waals surface area contributed by atoms with Crippen LogP contribution in [0.25, 0.3) is 10.9 Å². The van der Waals surface area contributed by atoms with Gasteiger partial charge in [0.25, 0.3) is 0 Å². The Labute approximate surface area is 207 Å². The lowest BCUT2D eigenvalue weighted by Crippen LogP contribution is -2.36. The van der Waals surface area contributed by atoms with Crippen molar-refractivity contribution in [3.05, 3.63) is 60.2 Å². The standard InChI is InChI=1S/C24H26N8O2S/c1-33-19-9-5-4-8-18(19)27-24-30-21(29-23(25)31-24)15-35-22-16-6-2-3-7-17(16)26-20(28-22)14-32-10-12-34-13-11-32/h2-9H,10-15H2,1H3,(H3,25,27,29,30,31). The minimum Gasteiger partial charge on any atom is -0.495 e. The predicted molar refractivity (Wildman–Crippen MR) is 136 cm³/mol. The molecule has 35 heavy (non-hydrogen) atoms. The summed E-state index contributed by atoms with van der Waals surface area (Å²) in [6.45, 7) is 3.92. The van der Waals surface area contributed by atoms with Crippen molar-refractivity contribution in [3.63, 3.8) is 0 Å². The summed E-state index contributed by atoms with van der Waals surface area (Å²) < 4.78 is 10.9. The molecule has 10 nitrogen and oxygen atoms in total. The van der Waals surface area contributed by atoms with Gasteiger partial charge in [-0.05, 0) is 18.2 Å². The van der Waals surface area contributed by atoms with Crippen LogP contribution >= 0.6 is 11.8 Å². The molecule has 1 aliphatic heterocycles. The van der Waals surface area contributed by atoms with Gasteiger partial charge in [-0.15, -0.1) is 0 Å². The molecular weight excluding hydrogens is 464 g/mol. The SMILES string of the molecule is COc1ccccc1Nc1nc(N)nc(CSc2nc(CN3CCOCC3)nc3ccccc23)n1. The second kappa shape index (κ2) is 10.8. The minimum atomic E-state index is 0.147. The number of nitrogens with zero attached hydrogens (tertiary/aromatic N) is 6. The molecule has 0 bridgehead atoms. The quantitative estimate of drug-likeness (QED) is 0.279. The third-order valence-electron chi connectivity index (χ3n) is 5.47. The molecule has 2 aromatic carbocycles. The second-order valence-corrected chi connectivity index (χ2v) is 8.86. The highest BCUT2D eigenvalue weighted by Crippen LogP contribution is 2.29. The molecule has 4 aromatic rings. The maximum Gasteiger partial charge on any atom is 0.232 e. The van der Waals surface area contributed by atoms with Crippen LogP contribution in [-0.2, 0) is 17.0 Å². The zero-order valence-corrected chi connectivity index (χ0v) is 20.2. The van der Waals surface area contributed by atoms with Gasteiger partial charge in [0.1, 0.15) is 22.4 Å². The van der Waals surface area contributed by atoms with Crippen LogP contribution < -0.4 is 15.8 Å². The molecule has 0 unspecified atom stereocenters. The summed E-state index contributed by atoms with van der Waals surface area (Å²) in [4.78, 5) is 25.1. The van der Waals surface area contributed by atoms with Crippen LogP contribution in [0.4, 0.5) is 17.6 Å². The van der Waals surface area contributed by atoms with Gasteiger partial charge in [0.05, 0.1) is 43.8 Å². The summed E-state index contributed by atoms with van der Waals surface area (Å²) in [5.74, 6) is 3.01. The molecule has 0 radical (unpaired) electrons. The lowest BCUT2D eigenvalue weighted by atomic mass is 10.2. The Morgan fingerprint density at radius 2 is 1.77 bits per heavy atom. The normalized spacial score (nSPS) is 14.2. The van der Waals surface area contributed by atoms with E-state index in [1.165, 1.54) is 0 Å². The number of nitrogen functional groups attached to an aromatic ring is 1. The molecule has 1 saturated heterocycles. The lowest BCUT2D eigenvalue weighted by Gasteiger charge is -2.25. The van der Waals surface area contributed by atoms with Gasteiger partial charge in [-0.25, -0.2) is 9.97 Å². The van der Waals surface area contributed by atoms with Crippen molar-refractivity contribution in [2.24, 2.45) is 0 Å². The first-order chi connectivity index (χ1) is 17.2. The molecule has 180 valence electrons. The van der Waals surface area contributed by atoms with Crippen LogP contribution in [0, 0.1) is 0 Å². The number of para-hydroxylation sites is 3. The molecule has 0 aliphatic carbocycles. The summed E-state index contributed by atoms with van der Waals surface area (Å²) in [6.07, 6.45) is 0. The van der Waals surface area contributed by atoms with Crippen LogP contribution in [0.2, 0.25) is 0 Å². The Kier molecular flexibility index (Phi) is 7.17. The summed E-state index contributed by atoms with van der Waals surface area (Å²) in [5.41, 5.74) is 7.65. The average molecular weight is 491 g/mol. The van der Waals surface area contributed by atoms with E-state index in [9.17, 15) is 0 Å². The number of benzene rings is 2. The molecule has 2 aromatic heterocycles. The average Bonchev–Trinajstić information content (AvgIpc) is 2.88. The van der Waals surface area contributed by atoms with Gasteiger partial charge in [-0.1, -0.05) is 42.1 Å². The number of ether oxygens (including phenoxy) is 2. The van der Waals surface area contributed by atoms with Crippen LogP contribution in [-0.4, -0.2) is 63.2 Å². The number of morpholine rings is 1. The number of hydrogen-bond acceptors (Lipinski definition) is 11. The van der Waals surface area contributed by atoms with Crippen molar-refractivity contribution in [3.8, 4) is 5.75 Å². The largest absolute Gasteiger partial charge is 0.495 e. The molecule has 0 saturated carbocycles. The molecule has 11 heteroatoms. The first-order valence-electron chi connectivity index (χ1n) is 11.3. The first-order valence-corrected chi connectivity index (χ1v) is 12.3. The van der Waals surface area contributed by atoms with Gasteiger partial charge in [-0.2, -0.15) is 15.0 Å². The van der Waals surface area contributed by atoms with Crippen molar-refractivity contribution in [1.29, 1.82) is 0 Å². The van der Waals surface area contributed by atoms with Crippen LogP contribution in [0.15, 0.2) is 53.6 Å². The van der Waals surface area contributed by atoms with E-state index < -0.39 is 0 Å². The van der Waals surface area contributed by atoms with E-state index in [1.54, 1.807) is 18.9 Å². The Morgan fingerprint density at radius 3 is 2.63 bits per heavy atom. The van der Waals surface area contributed by atoms with Gasteiger partial charge < -0.3 is 20.5 Å². The summed E-state index contributed by atoms with van der Waals surface area (Å²) >= 11 is 1.56. The van der Waals surface area contributed by atoms with Gasteiger partial charge in [0.2, 0.25) is 11.9 Å². The topological polar surface area (TPSA) is 124 Å². The molecule has 3 heterocycles. The lowest BCUT2D eigenvalue weighted by molar-refractivity contribution is 0.0330. The second-order valence-electron chi connectivity index (χ2n) is 7.90. The maximum absolute atomic E-state index is 5.99. The fourth-order valence-electron chi connectivity index (χ4n) is 3.79. The highest BCUT2D eigenvalue weighted by atomic mass is 32.2. The molecule has 1 aliphatic rings. The van der Waals surface area contributed by atoms with Gasteiger partial charge in [0.15, 0.2) is 0 Å². The summed E-state index contributed by atoms with van der Waals surface area (Å²) in [6, 6.07) is 15.6. The Bertz CT molecular complexity index is 1320. The first kappa shape index (κ1) is 23.2. The van der Waals surface area contributed by atoms with E-state index in [2.05, 4.69) is 25.2 Å². The van der Waals surface area contributed by atoms with E-state index in [0.29, 0.717) is 29.8 Å². The fraction of sp³-hybridized carbons (Fsp3) is 0.292. The third kappa shape index (κ3) is 5.76. The monoisotopic (exact) mass is 490 g/mol. The number of thioether (sulfide) groups is 1. The Balaban J connectivity index is 1.36. The van der Waals surface area contributed by atoms with Crippen LogP contribution in [0.1, 0.15) is 11.6 Å². The van der Waals surface area contributed by atoms with E-state index in [1.807, 2.05) is 48.5 Å². The minimum absolute atomic E-state index is 0.147. The van der Waals surface area contributed by atoms with Crippen molar-refractivity contribution in [2.45, 2.75) is 17.3 Å². The molecule has 0 spiro atoms. The van der Waals surface area contributed by atoms with Crippen molar-refractivity contribution in [1.82, 2.24) is 29.8 Å². The molecule has 3 N–H and O–H groups in total. The van der Waals surface area contributed by atoms with Crippen LogP contribution in [0.3, 0.4) is 0 Å². The highest BCUT2D eigenvalue weighted by molar-refractivity contribution is 7.98. The van der Waals surface area contributed by atoms with E-state index in [0.717, 1.165) is 53.7 Å². The van der Waals surface area contributed by atoms with E-state index in [-0.39, 0.29) is 5.95 Å². The zero-order valence-electron chi connectivity index (χ0n) is 19.3. The summed E-state index contributed by atoms with van der Waals surface area (Å²) in [5, 5.41) is 5.05. The van der Waals surface area contributed by atoms with E-state index >= 15 is 0 Å². The van der Waals surface area contributed by atoms with Gasteiger partial charge in [-0.3, -0.25) is 4.90 Å². The van der Waals surface area contributed by atoms with Crippen molar-refractivity contribution < 1.29 is 9.47 Å². The van der Waals surface area contributed by atoms with Crippen LogP contribution in [0.5, 0.6) is 5.75 Å². The van der Waals surface area contributed by atoms with Gasteiger partial charge in [0, 0.05) is 18.5 Å². The van der Waals surface area contributed by atoms with E-state index in [4.69, 9.17) is 25.2 Å². The Hall–Kier alpha value is -3.54. The highest BCUT2D eigenvalue weighted by Gasteiger charge is 2.16. The molecule has 1 fully saturated rings. The predicted octanol–water partition coefficient (Wildman–Crippen LogP) is 3.27. The number of anilines is 3. The number of nitrogens with one attached hydrogen (secondary N) is 1. The molecular formula is C24H26N8O2S. The summed E-state index contributed by atoms with van der Waals surface area (Å²) in [7, 11) is 1.61. The molecule has 5 rings (SSSR count). The number of methoxy groups -OCH3 is 1. The zero-order chi connectivity index (χ0) is 24.0. The Morgan fingerprint density at radius 1 is 0.971 bits per heavy atom. The molecule has 0 amide bonds. The number of nitrogens with two attached hydrogens (primary N) is 1. The number of aromatic nitrogens is 5. The fourth-order valence-corrected chi connectivity index (χ4v) is 4.69. The third-order valence-corrected chi connectivity index (χ3v) is 6.46. The maximum atomic E-state index is 5.99. The van der Waals surface area contributed by atoms with Crippen molar-refractivity contribution in [2.75, 3.05) is 44.5 Å². The van der Waals surface area contributed by atoms with Gasteiger partial charge >= 0.3 is 0 Å². The molecule has 0 atom stereocenters. The van der Waals surface area contributed by atoms with Crippen molar-refractivity contribution >= 4 is 40.2 Å². The number of fused-ring (bicyclic) bond motifs is 1.